The van der Waals surface area contributed by atoms with E-state index >= 15 is 0 Å². The van der Waals surface area contributed by atoms with Crippen LogP contribution in [-0.4, -0.2) is 30.5 Å². The number of hydrogen-bond donors (Lipinski definition) is 1. The van der Waals surface area contributed by atoms with E-state index in [1.165, 1.54) is 7.05 Å². The number of nitrogens with one attached hydrogen (secondary N) is 1. The predicted octanol–water partition coefficient (Wildman–Crippen LogP) is 5.10. The summed E-state index contributed by atoms with van der Waals surface area (Å²) in [5.41, 5.74) is 1.98. The summed E-state index contributed by atoms with van der Waals surface area (Å²) in [7, 11) is 1.43. The molecule has 1 aliphatic rings. The molecular formula is C24H21BrN2O4. The van der Waals surface area contributed by atoms with Gasteiger partial charge in [0.15, 0.2) is 11.5 Å². The van der Waals surface area contributed by atoms with Crippen molar-refractivity contribution in [1.29, 1.82) is 0 Å². The highest BCUT2D eigenvalue weighted by Crippen LogP contribution is 2.36. The lowest BCUT2D eigenvalue weighted by Gasteiger charge is -2.15. The number of hydrogen-bond acceptors (Lipinski definition) is 4. The van der Waals surface area contributed by atoms with Crippen molar-refractivity contribution in [2.75, 3.05) is 13.7 Å². The van der Waals surface area contributed by atoms with Crippen LogP contribution in [0.2, 0.25) is 0 Å². The van der Waals surface area contributed by atoms with Crippen LogP contribution in [0.3, 0.4) is 0 Å². The van der Waals surface area contributed by atoms with Crippen molar-refractivity contribution in [2.24, 2.45) is 0 Å². The minimum Gasteiger partial charge on any atom is -0.490 e. The molecule has 31 heavy (non-hydrogen) atoms. The first-order valence-electron chi connectivity index (χ1n) is 9.84. The molecule has 0 saturated carbocycles. The Morgan fingerprint density at radius 2 is 1.77 bits per heavy atom. The molecule has 0 radical (unpaired) electrons. The maximum atomic E-state index is 12.2. The molecule has 158 valence electrons. The largest absolute Gasteiger partial charge is 0.490 e. The second kappa shape index (κ2) is 8.81. The third-order valence-corrected chi connectivity index (χ3v) is 5.69. The second-order valence-electron chi connectivity index (χ2n) is 7.03. The number of amides is 3. The van der Waals surface area contributed by atoms with Crippen molar-refractivity contribution in [2.45, 2.75) is 13.5 Å². The average molecular weight is 481 g/mol. The number of carbonyl (C=O) groups excluding carboxylic acids is 2. The molecule has 7 heteroatoms. The number of urea groups is 1. The van der Waals surface area contributed by atoms with Gasteiger partial charge in [0.2, 0.25) is 0 Å². The van der Waals surface area contributed by atoms with Gasteiger partial charge in [0, 0.05) is 11.5 Å². The molecule has 3 aromatic carbocycles. The summed E-state index contributed by atoms with van der Waals surface area (Å²) in [6.07, 6.45) is 1.62. The summed E-state index contributed by atoms with van der Waals surface area (Å²) >= 11 is 3.54. The van der Waals surface area contributed by atoms with Crippen LogP contribution in [0.15, 0.2) is 64.8 Å². The molecule has 1 aliphatic heterocycles. The fourth-order valence-corrected chi connectivity index (χ4v) is 3.83. The van der Waals surface area contributed by atoms with Crippen molar-refractivity contribution in [3.63, 3.8) is 0 Å². The zero-order valence-electron chi connectivity index (χ0n) is 17.1. The molecule has 0 atom stereocenters. The summed E-state index contributed by atoms with van der Waals surface area (Å²) in [6.45, 7) is 2.73. The molecule has 0 aliphatic carbocycles. The van der Waals surface area contributed by atoms with Gasteiger partial charge in [0.25, 0.3) is 5.91 Å². The first kappa shape index (κ1) is 20.9. The van der Waals surface area contributed by atoms with Crippen molar-refractivity contribution < 1.29 is 19.1 Å². The number of likely N-dealkylation sites (N-methyl/N-ethyl adjacent to an activating group) is 1. The van der Waals surface area contributed by atoms with Crippen LogP contribution in [0.4, 0.5) is 4.79 Å². The van der Waals surface area contributed by atoms with Gasteiger partial charge in [-0.05, 0) is 47.0 Å². The van der Waals surface area contributed by atoms with Crippen molar-refractivity contribution >= 4 is 44.7 Å². The number of benzene rings is 3. The molecule has 6 nitrogen and oxygen atoms in total. The Morgan fingerprint density at radius 3 is 2.52 bits per heavy atom. The number of fused-ring (bicyclic) bond motifs is 1. The molecule has 4 rings (SSSR count). The minimum absolute atomic E-state index is 0.208. The molecule has 0 aromatic heterocycles. The van der Waals surface area contributed by atoms with Gasteiger partial charge in [-0.15, -0.1) is 0 Å². The van der Waals surface area contributed by atoms with E-state index in [1.807, 2.05) is 37.3 Å². The Labute approximate surface area is 188 Å². The first-order valence-corrected chi connectivity index (χ1v) is 10.6. The number of halogens is 1. The minimum atomic E-state index is -0.451. The molecule has 1 N–H and O–H groups in total. The van der Waals surface area contributed by atoms with Gasteiger partial charge in [-0.2, -0.15) is 0 Å². The number of imide groups is 1. The van der Waals surface area contributed by atoms with Crippen molar-refractivity contribution in [3.05, 3.63) is 75.9 Å². The van der Waals surface area contributed by atoms with Crippen LogP contribution in [-0.2, 0) is 11.4 Å². The molecule has 0 bridgehead atoms. The van der Waals surface area contributed by atoms with Gasteiger partial charge in [-0.3, -0.25) is 9.69 Å². The molecule has 0 spiro atoms. The van der Waals surface area contributed by atoms with Crippen LogP contribution in [0, 0.1) is 0 Å². The third kappa shape index (κ3) is 4.27. The Kier molecular flexibility index (Phi) is 5.95. The van der Waals surface area contributed by atoms with E-state index in [-0.39, 0.29) is 11.6 Å². The maximum absolute atomic E-state index is 12.2. The van der Waals surface area contributed by atoms with E-state index in [2.05, 4.69) is 39.4 Å². The number of ether oxygens (including phenoxy) is 2. The van der Waals surface area contributed by atoms with Crippen molar-refractivity contribution in [1.82, 2.24) is 10.2 Å². The van der Waals surface area contributed by atoms with Gasteiger partial charge >= 0.3 is 6.03 Å². The van der Waals surface area contributed by atoms with E-state index in [1.54, 1.807) is 12.1 Å². The lowest BCUT2D eigenvalue weighted by molar-refractivity contribution is -0.121. The maximum Gasteiger partial charge on any atom is 0.328 e. The number of rotatable bonds is 6. The Hall–Kier alpha value is -3.32. The van der Waals surface area contributed by atoms with E-state index in [9.17, 15) is 9.59 Å². The third-order valence-electron chi connectivity index (χ3n) is 5.01. The zero-order valence-corrected chi connectivity index (χ0v) is 18.7. The predicted molar refractivity (Wildman–Crippen MR) is 123 cm³/mol. The van der Waals surface area contributed by atoms with E-state index in [0.29, 0.717) is 34.7 Å². The molecule has 1 heterocycles. The highest BCUT2D eigenvalue weighted by molar-refractivity contribution is 9.10. The monoisotopic (exact) mass is 480 g/mol. The molecular weight excluding hydrogens is 460 g/mol. The number of carbonyl (C=O) groups is 2. The van der Waals surface area contributed by atoms with Crippen LogP contribution in [0.1, 0.15) is 18.1 Å². The fraction of sp³-hybridized carbons (Fsp3) is 0.167. The second-order valence-corrected chi connectivity index (χ2v) is 7.89. The van der Waals surface area contributed by atoms with Crippen LogP contribution >= 0.6 is 15.9 Å². The summed E-state index contributed by atoms with van der Waals surface area (Å²) in [5.74, 6) is 0.761. The van der Waals surface area contributed by atoms with Gasteiger partial charge in [-0.1, -0.05) is 58.4 Å². The molecule has 3 amide bonds. The zero-order chi connectivity index (χ0) is 22.0. The SMILES string of the molecule is CCOc1cc(/C=C2/NC(=O)N(C)C2=O)c(Br)cc1OCc1cccc2ccccc12. The Morgan fingerprint density at radius 1 is 1.03 bits per heavy atom. The van der Waals surface area contributed by atoms with Crippen molar-refractivity contribution in [3.8, 4) is 11.5 Å². The molecule has 0 unspecified atom stereocenters. The molecule has 1 fully saturated rings. The smallest absolute Gasteiger partial charge is 0.328 e. The normalized spacial score (nSPS) is 14.9. The molecule has 1 saturated heterocycles. The first-order chi connectivity index (χ1) is 15.0. The highest BCUT2D eigenvalue weighted by atomic mass is 79.9. The number of nitrogens with zero attached hydrogens (tertiary/aromatic N) is 1. The molecule has 3 aromatic rings. The van der Waals surface area contributed by atoms with Gasteiger partial charge < -0.3 is 14.8 Å². The lowest BCUT2D eigenvalue weighted by atomic mass is 10.1. The summed E-state index contributed by atoms with van der Waals surface area (Å²) < 4.78 is 12.6. The topological polar surface area (TPSA) is 67.9 Å². The van der Waals surface area contributed by atoms with Crippen LogP contribution in [0.5, 0.6) is 11.5 Å². The lowest BCUT2D eigenvalue weighted by Crippen LogP contribution is -2.25. The van der Waals surface area contributed by atoms with Crippen LogP contribution in [0.25, 0.3) is 16.8 Å². The van der Waals surface area contributed by atoms with E-state index in [4.69, 9.17) is 9.47 Å². The highest BCUT2D eigenvalue weighted by Gasteiger charge is 2.30. The van der Waals surface area contributed by atoms with Gasteiger partial charge in [0.05, 0.1) is 6.61 Å². The summed E-state index contributed by atoms with van der Waals surface area (Å²) in [5, 5.41) is 4.86. The van der Waals surface area contributed by atoms with Crippen LogP contribution < -0.4 is 14.8 Å². The Bertz CT molecular complexity index is 1200. The van der Waals surface area contributed by atoms with Gasteiger partial charge in [0.1, 0.15) is 12.3 Å². The average Bonchev–Trinajstić information content (AvgIpc) is 3.01. The van der Waals surface area contributed by atoms with E-state index in [0.717, 1.165) is 21.2 Å². The van der Waals surface area contributed by atoms with E-state index < -0.39 is 6.03 Å². The van der Waals surface area contributed by atoms with Gasteiger partial charge in [-0.25, -0.2) is 4.79 Å². The summed E-state index contributed by atoms with van der Waals surface area (Å²) in [4.78, 5) is 24.9. The summed E-state index contributed by atoms with van der Waals surface area (Å²) in [6, 6.07) is 17.5. The Balaban J connectivity index is 1.63. The fourth-order valence-electron chi connectivity index (χ4n) is 3.40. The standard InChI is InChI=1S/C24H21BrN2O4/c1-3-30-21-12-17(11-20-23(28)27(2)24(29)26-20)19(25)13-22(21)31-14-16-9-6-8-15-7-4-5-10-18(15)16/h4-13H,3,14H2,1-2H3,(H,26,29)/b20-11+. The quantitative estimate of drug-likeness (QED) is 0.393.